The first-order valence-electron chi connectivity index (χ1n) is 4.80. The molecule has 0 fully saturated rings. The number of rotatable bonds is 5. The fourth-order valence-corrected chi connectivity index (χ4v) is 1.45. The molecule has 1 unspecified atom stereocenters. The van der Waals surface area contributed by atoms with Crippen LogP contribution in [0, 0.1) is 11.3 Å². The second-order valence-electron chi connectivity index (χ2n) is 3.29. The van der Waals surface area contributed by atoms with Gasteiger partial charge in [-0.3, -0.25) is 4.79 Å². The van der Waals surface area contributed by atoms with Crippen molar-refractivity contribution < 1.29 is 33.3 Å². The molecule has 6 nitrogen and oxygen atoms in total. The lowest BCUT2D eigenvalue weighted by molar-refractivity contribution is -0.147. The normalized spacial score (nSPS) is 11.7. The van der Waals surface area contributed by atoms with Gasteiger partial charge in [0.25, 0.3) is 0 Å². The second kappa shape index (κ2) is 5.88. The van der Waals surface area contributed by atoms with Gasteiger partial charge >= 0.3 is 12.6 Å². The van der Waals surface area contributed by atoms with Gasteiger partial charge in [0.15, 0.2) is 12.4 Å². The van der Waals surface area contributed by atoms with E-state index in [1.54, 1.807) is 6.07 Å². The molecule has 0 aliphatic rings. The molecule has 0 spiro atoms. The van der Waals surface area contributed by atoms with Crippen molar-refractivity contribution in [1.29, 1.82) is 5.26 Å². The zero-order chi connectivity index (χ0) is 14.6. The number of aliphatic hydroxyl groups excluding tert-OH is 1. The standard InChI is InChI=1S/C11H7F2NO5/c12-11(13)19-7-2-1-5(3-14)6(4-15)8(7)9(16)10(17)18/h1-2,4,9,11,16H,(H,17,18). The van der Waals surface area contributed by atoms with Crippen molar-refractivity contribution in [1.82, 2.24) is 0 Å². The minimum absolute atomic E-state index is 0.0956. The van der Waals surface area contributed by atoms with E-state index in [4.69, 9.17) is 10.4 Å². The van der Waals surface area contributed by atoms with E-state index in [1.165, 1.54) is 0 Å². The summed E-state index contributed by atoms with van der Waals surface area (Å²) in [6.45, 7) is -3.27. The molecule has 0 aliphatic carbocycles. The number of carboxylic acids is 1. The number of carbonyl (C=O) groups excluding carboxylic acids is 1. The van der Waals surface area contributed by atoms with E-state index >= 15 is 0 Å². The molecule has 8 heteroatoms. The van der Waals surface area contributed by atoms with E-state index in [2.05, 4.69) is 4.74 Å². The molecule has 100 valence electrons. The zero-order valence-electron chi connectivity index (χ0n) is 9.21. The quantitative estimate of drug-likeness (QED) is 0.776. The average molecular weight is 271 g/mol. The van der Waals surface area contributed by atoms with Crippen LogP contribution in [-0.4, -0.2) is 29.1 Å². The van der Waals surface area contributed by atoms with Crippen LogP contribution in [0.5, 0.6) is 5.75 Å². The third-order valence-corrected chi connectivity index (χ3v) is 2.21. The molecule has 1 rings (SSSR count). The molecular formula is C11H7F2NO5. The van der Waals surface area contributed by atoms with E-state index in [0.717, 1.165) is 12.1 Å². The number of aldehydes is 1. The smallest absolute Gasteiger partial charge is 0.387 e. The van der Waals surface area contributed by atoms with Crippen molar-refractivity contribution in [2.75, 3.05) is 0 Å². The number of carbonyl (C=O) groups is 2. The van der Waals surface area contributed by atoms with Gasteiger partial charge in [0.05, 0.1) is 11.6 Å². The Kier molecular flexibility index (Phi) is 4.50. The Morgan fingerprint density at radius 1 is 1.47 bits per heavy atom. The molecular weight excluding hydrogens is 264 g/mol. The molecule has 0 heterocycles. The molecule has 0 saturated carbocycles. The van der Waals surface area contributed by atoms with Gasteiger partial charge in [-0.1, -0.05) is 0 Å². The van der Waals surface area contributed by atoms with Crippen molar-refractivity contribution in [3.05, 3.63) is 28.8 Å². The minimum Gasteiger partial charge on any atom is -0.479 e. The van der Waals surface area contributed by atoms with Crippen LogP contribution < -0.4 is 4.74 Å². The molecule has 0 amide bonds. The third-order valence-electron chi connectivity index (χ3n) is 2.21. The number of alkyl halides is 2. The number of aliphatic carboxylic acids is 1. The summed E-state index contributed by atoms with van der Waals surface area (Å²) in [4.78, 5) is 21.6. The predicted molar refractivity (Wildman–Crippen MR) is 55.8 cm³/mol. The van der Waals surface area contributed by atoms with E-state index in [0.29, 0.717) is 0 Å². The molecule has 0 bridgehead atoms. The fourth-order valence-electron chi connectivity index (χ4n) is 1.45. The first-order chi connectivity index (χ1) is 8.92. The van der Waals surface area contributed by atoms with Gasteiger partial charge in [0, 0.05) is 11.1 Å². The SMILES string of the molecule is N#Cc1ccc(OC(F)F)c(C(O)C(=O)O)c1C=O. The van der Waals surface area contributed by atoms with Crippen LogP contribution in [0.1, 0.15) is 27.6 Å². The highest BCUT2D eigenvalue weighted by molar-refractivity contribution is 5.87. The Bertz CT molecular complexity index is 553. The van der Waals surface area contributed by atoms with Gasteiger partial charge in [-0.05, 0) is 12.1 Å². The molecule has 0 aromatic heterocycles. The summed E-state index contributed by atoms with van der Waals surface area (Å²) in [5, 5.41) is 26.9. The van der Waals surface area contributed by atoms with Gasteiger partial charge in [-0.2, -0.15) is 14.0 Å². The molecule has 2 N–H and O–H groups in total. The summed E-state index contributed by atoms with van der Waals surface area (Å²) in [5.74, 6) is -2.44. The Balaban J connectivity index is 3.53. The maximum Gasteiger partial charge on any atom is 0.387 e. The van der Waals surface area contributed by atoms with Crippen molar-refractivity contribution in [3.8, 4) is 11.8 Å². The van der Waals surface area contributed by atoms with Gasteiger partial charge in [-0.15, -0.1) is 0 Å². The Morgan fingerprint density at radius 2 is 2.11 bits per heavy atom. The lowest BCUT2D eigenvalue weighted by Crippen LogP contribution is -2.16. The second-order valence-corrected chi connectivity index (χ2v) is 3.29. The Hall–Kier alpha value is -2.53. The van der Waals surface area contributed by atoms with Gasteiger partial charge in [0.1, 0.15) is 5.75 Å². The monoisotopic (exact) mass is 271 g/mol. The summed E-state index contributed by atoms with van der Waals surface area (Å²) in [7, 11) is 0. The highest BCUT2D eigenvalue weighted by Gasteiger charge is 2.27. The Labute approximate surface area is 105 Å². The van der Waals surface area contributed by atoms with Crippen LogP contribution in [0.2, 0.25) is 0 Å². The molecule has 1 aromatic rings. The number of nitriles is 1. The number of nitrogens with zero attached hydrogens (tertiary/aromatic N) is 1. The molecule has 0 saturated heterocycles. The van der Waals surface area contributed by atoms with Gasteiger partial charge in [0.2, 0.25) is 0 Å². The minimum atomic E-state index is -3.27. The summed E-state index contributed by atoms with van der Waals surface area (Å²) in [5.41, 5.74) is -1.44. The lowest BCUT2D eigenvalue weighted by atomic mass is 9.97. The zero-order valence-corrected chi connectivity index (χ0v) is 9.21. The number of aliphatic hydroxyl groups is 1. The topological polar surface area (TPSA) is 108 Å². The van der Waals surface area contributed by atoms with Crippen molar-refractivity contribution >= 4 is 12.3 Å². The maximum atomic E-state index is 12.2. The number of ether oxygens (including phenoxy) is 1. The Morgan fingerprint density at radius 3 is 2.53 bits per heavy atom. The van der Waals surface area contributed by atoms with E-state index in [-0.39, 0.29) is 11.8 Å². The number of hydrogen-bond donors (Lipinski definition) is 2. The van der Waals surface area contributed by atoms with E-state index < -0.39 is 35.6 Å². The number of hydrogen-bond acceptors (Lipinski definition) is 5. The van der Waals surface area contributed by atoms with E-state index in [1.807, 2.05) is 0 Å². The van der Waals surface area contributed by atoms with Crippen LogP contribution >= 0.6 is 0 Å². The van der Waals surface area contributed by atoms with Gasteiger partial charge in [-0.25, -0.2) is 4.79 Å². The van der Waals surface area contributed by atoms with Crippen LogP contribution in [0.3, 0.4) is 0 Å². The maximum absolute atomic E-state index is 12.2. The predicted octanol–water partition coefficient (Wildman–Crippen LogP) is 1.09. The first-order valence-corrected chi connectivity index (χ1v) is 4.80. The number of halogens is 2. The van der Waals surface area contributed by atoms with Crippen LogP contribution in [0.25, 0.3) is 0 Å². The summed E-state index contributed by atoms with van der Waals surface area (Å²) in [6.07, 6.45) is -2.17. The highest BCUT2D eigenvalue weighted by Crippen LogP contribution is 2.31. The molecule has 1 aromatic carbocycles. The van der Waals surface area contributed by atoms with Crippen molar-refractivity contribution in [2.24, 2.45) is 0 Å². The van der Waals surface area contributed by atoms with Crippen LogP contribution in [-0.2, 0) is 4.79 Å². The lowest BCUT2D eigenvalue weighted by Gasteiger charge is -2.15. The molecule has 1 atom stereocenters. The summed E-state index contributed by atoms with van der Waals surface area (Å²) in [6, 6.07) is 3.48. The number of carboxylic acid groups (broad SMARTS) is 1. The van der Waals surface area contributed by atoms with Crippen molar-refractivity contribution in [2.45, 2.75) is 12.7 Å². The third kappa shape index (κ3) is 3.02. The highest BCUT2D eigenvalue weighted by atomic mass is 19.3. The molecule has 19 heavy (non-hydrogen) atoms. The molecule has 0 aliphatic heterocycles. The summed E-state index contributed by atoms with van der Waals surface area (Å²) < 4.78 is 28.4. The largest absolute Gasteiger partial charge is 0.479 e. The number of benzene rings is 1. The van der Waals surface area contributed by atoms with E-state index in [9.17, 15) is 23.5 Å². The fraction of sp³-hybridized carbons (Fsp3) is 0.182. The van der Waals surface area contributed by atoms with Crippen LogP contribution in [0.4, 0.5) is 8.78 Å². The van der Waals surface area contributed by atoms with Crippen molar-refractivity contribution in [3.63, 3.8) is 0 Å². The van der Waals surface area contributed by atoms with Gasteiger partial charge < -0.3 is 14.9 Å². The first kappa shape index (κ1) is 14.5. The summed E-state index contributed by atoms with van der Waals surface area (Å²) >= 11 is 0. The average Bonchev–Trinajstić information content (AvgIpc) is 2.36. The molecule has 0 radical (unpaired) electrons. The van der Waals surface area contributed by atoms with Crippen LogP contribution in [0.15, 0.2) is 12.1 Å².